The van der Waals surface area contributed by atoms with Crippen LogP contribution in [-0.4, -0.2) is 0 Å². The summed E-state index contributed by atoms with van der Waals surface area (Å²) in [4.78, 5) is 0. The van der Waals surface area contributed by atoms with Gasteiger partial charge in [-0.25, -0.2) is 0 Å². The maximum atomic E-state index is 3.97. The van der Waals surface area contributed by atoms with Gasteiger partial charge in [0.1, 0.15) is 0 Å². The van der Waals surface area contributed by atoms with Gasteiger partial charge in [0, 0.05) is 0 Å². The molecule has 1 aromatic rings. The third kappa shape index (κ3) is 3.21. The van der Waals surface area contributed by atoms with E-state index >= 15 is 0 Å². The minimum Gasteiger partial charge on any atom is -0.0990 e. The fourth-order valence-electron chi connectivity index (χ4n) is 1.31. The molecule has 0 aliphatic carbocycles. The first-order valence-electron chi connectivity index (χ1n) is 5.19. The molecule has 0 N–H and O–H groups in total. The summed E-state index contributed by atoms with van der Waals surface area (Å²) in [6, 6.07) is 6.19. The second kappa shape index (κ2) is 7.14. The zero-order chi connectivity index (χ0) is 11.0. The molecular formula is C14H20. The SMILES string of the molecule is C=C/C=c1/c(CC)cccc1=C.CC. The number of hydrogen-bond donors (Lipinski definition) is 0. The molecule has 0 fully saturated rings. The molecule has 1 aromatic carbocycles. The van der Waals surface area contributed by atoms with Crippen molar-refractivity contribution in [1.29, 1.82) is 0 Å². The Balaban J connectivity index is 0.000000791. The highest BCUT2D eigenvalue weighted by Gasteiger charge is 1.90. The first-order valence-corrected chi connectivity index (χ1v) is 5.19. The van der Waals surface area contributed by atoms with Crippen molar-refractivity contribution < 1.29 is 0 Å². The van der Waals surface area contributed by atoms with Gasteiger partial charge in [-0.2, -0.15) is 0 Å². The van der Waals surface area contributed by atoms with Crippen molar-refractivity contribution in [1.82, 2.24) is 0 Å². The third-order valence-electron chi connectivity index (χ3n) is 1.95. The molecule has 76 valence electrons. The van der Waals surface area contributed by atoms with E-state index in [1.807, 2.05) is 38.1 Å². The van der Waals surface area contributed by atoms with Crippen molar-refractivity contribution >= 4 is 12.7 Å². The molecule has 0 saturated carbocycles. The molecule has 0 radical (unpaired) electrons. The summed E-state index contributed by atoms with van der Waals surface area (Å²) in [6.07, 6.45) is 4.87. The Labute approximate surface area is 87.3 Å². The van der Waals surface area contributed by atoms with Gasteiger partial charge in [0.2, 0.25) is 0 Å². The molecule has 0 aromatic heterocycles. The second-order valence-corrected chi connectivity index (χ2v) is 2.75. The lowest BCUT2D eigenvalue weighted by Crippen LogP contribution is -2.26. The summed E-state index contributed by atoms with van der Waals surface area (Å²) in [6.45, 7) is 13.8. The molecule has 0 heterocycles. The Hall–Kier alpha value is -1.30. The molecule has 14 heavy (non-hydrogen) atoms. The van der Waals surface area contributed by atoms with Crippen molar-refractivity contribution in [2.75, 3.05) is 0 Å². The number of allylic oxidation sites excluding steroid dienone is 1. The van der Waals surface area contributed by atoms with Crippen LogP contribution in [0.5, 0.6) is 0 Å². The van der Waals surface area contributed by atoms with Gasteiger partial charge in [-0.3, -0.25) is 0 Å². The molecule has 0 atom stereocenters. The highest BCUT2D eigenvalue weighted by molar-refractivity contribution is 5.39. The summed E-state index contributed by atoms with van der Waals surface area (Å²) < 4.78 is 0. The third-order valence-corrected chi connectivity index (χ3v) is 1.95. The summed E-state index contributed by atoms with van der Waals surface area (Å²) in [7, 11) is 0. The Kier molecular flexibility index (Phi) is 6.47. The predicted molar refractivity (Wildman–Crippen MR) is 66.6 cm³/mol. The van der Waals surface area contributed by atoms with Crippen LogP contribution in [0.4, 0.5) is 0 Å². The van der Waals surface area contributed by atoms with E-state index in [4.69, 9.17) is 0 Å². The number of aryl methyl sites for hydroxylation is 1. The van der Waals surface area contributed by atoms with Crippen molar-refractivity contribution in [2.45, 2.75) is 27.2 Å². The molecule has 0 amide bonds. The van der Waals surface area contributed by atoms with Crippen LogP contribution in [0, 0.1) is 0 Å². The molecule has 0 aliphatic rings. The molecule has 0 aliphatic heterocycles. The molecular weight excluding hydrogens is 168 g/mol. The van der Waals surface area contributed by atoms with Crippen molar-refractivity contribution in [2.24, 2.45) is 0 Å². The van der Waals surface area contributed by atoms with Crippen LogP contribution < -0.4 is 10.4 Å². The van der Waals surface area contributed by atoms with Gasteiger partial charge in [0.05, 0.1) is 0 Å². The van der Waals surface area contributed by atoms with Crippen LogP contribution in [0.15, 0.2) is 30.9 Å². The zero-order valence-electron chi connectivity index (χ0n) is 9.51. The summed E-state index contributed by atoms with van der Waals surface area (Å²) in [5, 5.41) is 2.30. The maximum absolute atomic E-state index is 3.97. The van der Waals surface area contributed by atoms with Gasteiger partial charge in [0.15, 0.2) is 0 Å². The average Bonchev–Trinajstić information content (AvgIpc) is 2.24. The molecule has 0 bridgehead atoms. The van der Waals surface area contributed by atoms with Crippen LogP contribution in [0.25, 0.3) is 12.7 Å². The summed E-state index contributed by atoms with van der Waals surface area (Å²) >= 11 is 0. The quantitative estimate of drug-likeness (QED) is 0.669. The molecule has 0 spiro atoms. The standard InChI is InChI=1S/C12H14.C2H6/c1-4-7-12-10(3)8-6-9-11(12)5-2;1-2/h4,6-9H,1,3,5H2,2H3;1-2H3/b12-7+;. The van der Waals surface area contributed by atoms with Crippen molar-refractivity contribution in [3.8, 4) is 0 Å². The monoisotopic (exact) mass is 188 g/mol. The first-order chi connectivity index (χ1) is 6.79. The van der Waals surface area contributed by atoms with Crippen LogP contribution in [0.2, 0.25) is 0 Å². The molecule has 0 unspecified atom stereocenters. The maximum Gasteiger partial charge on any atom is -0.0158 e. The normalized spacial score (nSPS) is 10.4. The number of benzene rings is 1. The fraction of sp³-hybridized carbons (Fsp3) is 0.286. The number of rotatable bonds is 2. The van der Waals surface area contributed by atoms with Crippen molar-refractivity contribution in [3.63, 3.8) is 0 Å². The highest BCUT2D eigenvalue weighted by atomic mass is 13.9. The van der Waals surface area contributed by atoms with Gasteiger partial charge in [-0.15, -0.1) is 0 Å². The lowest BCUT2D eigenvalue weighted by atomic mass is 10.1. The van der Waals surface area contributed by atoms with E-state index in [9.17, 15) is 0 Å². The average molecular weight is 188 g/mol. The largest absolute Gasteiger partial charge is 0.0990 e. The Morgan fingerprint density at radius 3 is 2.43 bits per heavy atom. The van der Waals surface area contributed by atoms with Crippen molar-refractivity contribution in [3.05, 3.63) is 46.9 Å². The Morgan fingerprint density at radius 2 is 1.93 bits per heavy atom. The second-order valence-electron chi connectivity index (χ2n) is 2.75. The molecule has 1 rings (SSSR count). The first kappa shape index (κ1) is 12.7. The van der Waals surface area contributed by atoms with E-state index in [1.54, 1.807) is 0 Å². The van der Waals surface area contributed by atoms with Gasteiger partial charge in [-0.1, -0.05) is 64.3 Å². The van der Waals surface area contributed by atoms with Crippen LogP contribution in [0.1, 0.15) is 26.3 Å². The molecule has 0 heteroatoms. The fourth-order valence-corrected chi connectivity index (χ4v) is 1.31. The number of hydrogen-bond acceptors (Lipinski definition) is 0. The van der Waals surface area contributed by atoms with E-state index in [-0.39, 0.29) is 0 Å². The predicted octanol–water partition coefficient (Wildman–Crippen LogP) is 2.65. The van der Waals surface area contributed by atoms with Crippen LogP contribution in [0.3, 0.4) is 0 Å². The summed E-state index contributed by atoms with van der Waals surface area (Å²) in [5.74, 6) is 0. The van der Waals surface area contributed by atoms with E-state index in [2.05, 4.69) is 26.1 Å². The van der Waals surface area contributed by atoms with E-state index < -0.39 is 0 Å². The van der Waals surface area contributed by atoms with E-state index in [0.717, 1.165) is 11.6 Å². The molecule has 0 saturated heterocycles. The Bertz CT molecular complexity index is 372. The lowest BCUT2D eigenvalue weighted by molar-refractivity contribution is 1.11. The van der Waals surface area contributed by atoms with Gasteiger partial charge >= 0.3 is 0 Å². The van der Waals surface area contributed by atoms with E-state index in [0.29, 0.717) is 0 Å². The topological polar surface area (TPSA) is 0 Å². The van der Waals surface area contributed by atoms with Crippen LogP contribution >= 0.6 is 0 Å². The summed E-state index contributed by atoms with van der Waals surface area (Å²) in [5.41, 5.74) is 1.34. The van der Waals surface area contributed by atoms with Gasteiger partial charge in [-0.05, 0) is 22.4 Å². The smallest absolute Gasteiger partial charge is 0.0158 e. The highest BCUT2D eigenvalue weighted by Crippen LogP contribution is 1.88. The molecule has 0 nitrogen and oxygen atoms in total. The minimum absolute atomic E-state index is 1.04. The van der Waals surface area contributed by atoms with E-state index in [1.165, 1.54) is 10.8 Å². The van der Waals surface area contributed by atoms with Gasteiger partial charge in [0.25, 0.3) is 0 Å². The minimum atomic E-state index is 1.04. The Morgan fingerprint density at radius 1 is 1.29 bits per heavy atom. The van der Waals surface area contributed by atoms with Gasteiger partial charge < -0.3 is 0 Å². The zero-order valence-corrected chi connectivity index (χ0v) is 9.51. The lowest BCUT2D eigenvalue weighted by Gasteiger charge is -1.97. The van der Waals surface area contributed by atoms with Crippen LogP contribution in [-0.2, 0) is 6.42 Å².